The van der Waals surface area contributed by atoms with Gasteiger partial charge in [-0.05, 0) is 39.0 Å². The van der Waals surface area contributed by atoms with Crippen LogP contribution in [0.25, 0.3) is 0 Å². The molecule has 0 fully saturated rings. The molecule has 0 spiro atoms. The van der Waals surface area contributed by atoms with E-state index in [0.717, 1.165) is 23.6 Å². The van der Waals surface area contributed by atoms with E-state index in [1.165, 1.54) is 0 Å². The van der Waals surface area contributed by atoms with Crippen molar-refractivity contribution in [3.8, 4) is 17.4 Å². The lowest BCUT2D eigenvalue weighted by Crippen LogP contribution is -2.24. The van der Waals surface area contributed by atoms with E-state index >= 15 is 0 Å². The van der Waals surface area contributed by atoms with Crippen molar-refractivity contribution >= 4 is 11.6 Å². The van der Waals surface area contributed by atoms with E-state index in [1.807, 2.05) is 57.2 Å². The molecule has 144 valence electrons. The first-order chi connectivity index (χ1) is 12.9. The van der Waals surface area contributed by atoms with Crippen LogP contribution in [0.5, 0.6) is 17.4 Å². The molecule has 0 saturated carbocycles. The van der Waals surface area contributed by atoms with E-state index in [0.29, 0.717) is 37.3 Å². The van der Waals surface area contributed by atoms with Gasteiger partial charge in [0.15, 0.2) is 17.5 Å². The Bertz CT molecular complexity index is 815. The van der Waals surface area contributed by atoms with Crippen molar-refractivity contribution in [3.63, 3.8) is 0 Å². The van der Waals surface area contributed by atoms with Crippen molar-refractivity contribution in [1.82, 2.24) is 4.98 Å². The topological polar surface area (TPSA) is 91.0 Å². The van der Waals surface area contributed by atoms with Crippen LogP contribution >= 0.6 is 0 Å². The van der Waals surface area contributed by atoms with Gasteiger partial charge in [0.2, 0.25) is 5.88 Å². The van der Waals surface area contributed by atoms with Crippen molar-refractivity contribution in [3.05, 3.63) is 42.1 Å². The van der Waals surface area contributed by atoms with Crippen LogP contribution in [0, 0.1) is 0 Å². The monoisotopic (exact) mass is 370 g/mol. The molecule has 2 aromatic rings. The maximum atomic E-state index is 6.01. The average molecular weight is 370 g/mol. The highest BCUT2D eigenvalue weighted by atomic mass is 16.5. The number of nitrogens with one attached hydrogen (secondary N) is 1. The fourth-order valence-electron chi connectivity index (χ4n) is 2.51. The molecule has 2 heterocycles. The van der Waals surface area contributed by atoms with E-state index in [-0.39, 0.29) is 5.60 Å². The molecule has 27 heavy (non-hydrogen) atoms. The SMILES string of the molecule is CC(C)(C)Oc1cccc(CN=C(N)Nc2ccc3c(c2)OCCCO3)n1. The number of anilines is 1. The third kappa shape index (κ3) is 5.77. The summed E-state index contributed by atoms with van der Waals surface area (Å²) in [6.07, 6.45) is 0.867. The number of nitrogens with two attached hydrogens (primary N) is 1. The van der Waals surface area contributed by atoms with Crippen LogP contribution in [-0.2, 0) is 6.54 Å². The molecule has 7 heteroatoms. The fraction of sp³-hybridized carbons (Fsp3) is 0.400. The van der Waals surface area contributed by atoms with Gasteiger partial charge in [-0.2, -0.15) is 0 Å². The Balaban J connectivity index is 1.63. The number of rotatable bonds is 4. The Labute approximate surface area is 159 Å². The van der Waals surface area contributed by atoms with Crippen molar-refractivity contribution in [2.24, 2.45) is 10.7 Å². The third-order valence-electron chi connectivity index (χ3n) is 3.62. The molecule has 0 amide bonds. The Morgan fingerprint density at radius 3 is 2.74 bits per heavy atom. The molecule has 0 radical (unpaired) electrons. The highest BCUT2D eigenvalue weighted by Crippen LogP contribution is 2.32. The highest BCUT2D eigenvalue weighted by Gasteiger charge is 2.13. The van der Waals surface area contributed by atoms with E-state index in [1.54, 1.807) is 0 Å². The molecule has 0 aliphatic carbocycles. The largest absolute Gasteiger partial charge is 0.490 e. The van der Waals surface area contributed by atoms with Crippen molar-refractivity contribution in [2.75, 3.05) is 18.5 Å². The normalized spacial score (nSPS) is 14.4. The zero-order chi connectivity index (χ0) is 19.3. The number of nitrogens with zero attached hydrogens (tertiary/aromatic N) is 2. The van der Waals surface area contributed by atoms with Crippen molar-refractivity contribution in [1.29, 1.82) is 0 Å². The molecule has 3 rings (SSSR count). The minimum Gasteiger partial charge on any atom is -0.490 e. The molecule has 1 aromatic carbocycles. The van der Waals surface area contributed by atoms with Gasteiger partial charge in [-0.25, -0.2) is 9.98 Å². The standard InChI is InChI=1S/C20H26N4O3/c1-20(2,3)27-18-7-4-6-15(23-18)13-22-19(21)24-14-8-9-16-17(12-14)26-11-5-10-25-16/h4,6-9,12H,5,10-11,13H2,1-3H3,(H3,21,22,24). The maximum Gasteiger partial charge on any atom is 0.214 e. The molecule has 0 unspecified atom stereocenters. The number of hydrogen-bond donors (Lipinski definition) is 2. The number of guanidine groups is 1. The van der Waals surface area contributed by atoms with Gasteiger partial charge in [0.1, 0.15) is 5.60 Å². The lowest BCUT2D eigenvalue weighted by molar-refractivity contribution is 0.124. The summed E-state index contributed by atoms with van der Waals surface area (Å²) in [6.45, 7) is 7.60. The number of hydrogen-bond acceptors (Lipinski definition) is 5. The summed E-state index contributed by atoms with van der Waals surface area (Å²) in [5.74, 6) is 2.32. The number of aliphatic imine (C=N–C) groups is 1. The number of ether oxygens (including phenoxy) is 3. The molecule has 3 N–H and O–H groups in total. The second kappa shape index (κ2) is 8.16. The van der Waals surface area contributed by atoms with Gasteiger partial charge in [-0.1, -0.05) is 6.07 Å². The summed E-state index contributed by atoms with van der Waals surface area (Å²) < 4.78 is 17.1. The van der Waals surface area contributed by atoms with Crippen LogP contribution < -0.4 is 25.3 Å². The molecule has 0 bridgehead atoms. The minimum absolute atomic E-state index is 0.299. The molecule has 0 saturated heterocycles. The Morgan fingerprint density at radius 1 is 1.19 bits per heavy atom. The quantitative estimate of drug-likeness (QED) is 0.633. The maximum absolute atomic E-state index is 6.01. The summed E-state index contributed by atoms with van der Waals surface area (Å²) >= 11 is 0. The summed E-state index contributed by atoms with van der Waals surface area (Å²) in [5, 5.41) is 3.07. The summed E-state index contributed by atoms with van der Waals surface area (Å²) in [4.78, 5) is 8.81. The van der Waals surface area contributed by atoms with Crippen molar-refractivity contribution in [2.45, 2.75) is 39.3 Å². The molecular weight excluding hydrogens is 344 g/mol. The van der Waals surface area contributed by atoms with Crippen LogP contribution in [0.3, 0.4) is 0 Å². The third-order valence-corrected chi connectivity index (χ3v) is 3.62. The molecule has 1 aliphatic heterocycles. The molecule has 7 nitrogen and oxygen atoms in total. The second-order valence-electron chi connectivity index (χ2n) is 7.22. The van der Waals surface area contributed by atoms with Gasteiger partial charge < -0.3 is 25.3 Å². The average Bonchev–Trinajstić information content (AvgIpc) is 2.84. The highest BCUT2D eigenvalue weighted by molar-refractivity contribution is 5.92. The fourth-order valence-corrected chi connectivity index (χ4v) is 2.51. The minimum atomic E-state index is -0.299. The number of pyridine rings is 1. The lowest BCUT2D eigenvalue weighted by Gasteiger charge is -2.20. The number of benzene rings is 1. The Morgan fingerprint density at radius 2 is 1.96 bits per heavy atom. The van der Waals surface area contributed by atoms with Crippen LogP contribution in [0.1, 0.15) is 32.9 Å². The first-order valence-electron chi connectivity index (χ1n) is 9.01. The molecule has 1 aliphatic rings. The van der Waals surface area contributed by atoms with E-state index < -0.39 is 0 Å². The van der Waals surface area contributed by atoms with E-state index in [4.69, 9.17) is 19.9 Å². The molecule has 0 atom stereocenters. The Kier molecular flexibility index (Phi) is 5.69. The van der Waals surface area contributed by atoms with Gasteiger partial charge in [0.25, 0.3) is 0 Å². The van der Waals surface area contributed by atoms with Crippen LogP contribution in [0.4, 0.5) is 5.69 Å². The zero-order valence-electron chi connectivity index (χ0n) is 16.0. The second-order valence-corrected chi connectivity index (χ2v) is 7.22. The van der Waals surface area contributed by atoms with E-state index in [2.05, 4.69) is 15.3 Å². The number of fused-ring (bicyclic) bond motifs is 1. The smallest absolute Gasteiger partial charge is 0.214 e. The zero-order valence-corrected chi connectivity index (χ0v) is 16.0. The Hall–Kier alpha value is -2.96. The van der Waals surface area contributed by atoms with E-state index in [9.17, 15) is 0 Å². The predicted molar refractivity (Wildman–Crippen MR) is 106 cm³/mol. The summed E-state index contributed by atoms with van der Waals surface area (Å²) in [7, 11) is 0. The summed E-state index contributed by atoms with van der Waals surface area (Å²) in [5.41, 5.74) is 7.28. The van der Waals surface area contributed by atoms with Gasteiger partial charge >= 0.3 is 0 Å². The van der Waals surface area contributed by atoms with Gasteiger partial charge in [0.05, 0.1) is 25.5 Å². The first kappa shape index (κ1) is 18.8. The summed E-state index contributed by atoms with van der Waals surface area (Å²) in [6, 6.07) is 11.2. The van der Waals surface area contributed by atoms with Crippen LogP contribution in [0.2, 0.25) is 0 Å². The van der Waals surface area contributed by atoms with Gasteiger partial charge in [-0.3, -0.25) is 0 Å². The molecule has 1 aromatic heterocycles. The lowest BCUT2D eigenvalue weighted by atomic mass is 10.2. The van der Waals surface area contributed by atoms with Crippen LogP contribution in [0.15, 0.2) is 41.4 Å². The van der Waals surface area contributed by atoms with Crippen LogP contribution in [-0.4, -0.2) is 29.8 Å². The van der Waals surface area contributed by atoms with Gasteiger partial charge in [0, 0.05) is 24.2 Å². The van der Waals surface area contributed by atoms with Gasteiger partial charge in [-0.15, -0.1) is 0 Å². The first-order valence-corrected chi connectivity index (χ1v) is 9.01. The predicted octanol–water partition coefficient (Wildman–Crippen LogP) is 3.35. The van der Waals surface area contributed by atoms with Crippen molar-refractivity contribution < 1.29 is 14.2 Å². The molecular formula is C20H26N4O3. The number of aromatic nitrogens is 1.